The summed E-state index contributed by atoms with van der Waals surface area (Å²) in [7, 11) is 2.70. The van der Waals surface area contributed by atoms with E-state index in [9.17, 15) is 18.8 Å². The number of benzene rings is 3. The average Bonchev–Trinajstić information content (AvgIpc) is 3.54. The molecule has 1 N–H and O–H groups in total. The van der Waals surface area contributed by atoms with Crippen molar-refractivity contribution in [1.29, 1.82) is 0 Å². The summed E-state index contributed by atoms with van der Waals surface area (Å²) in [4.78, 5) is 43.9. The molecule has 9 nitrogen and oxygen atoms in total. The van der Waals surface area contributed by atoms with Crippen LogP contribution in [0.4, 0.5) is 14.0 Å². The van der Waals surface area contributed by atoms with Crippen molar-refractivity contribution < 1.29 is 33.0 Å². The van der Waals surface area contributed by atoms with Crippen LogP contribution in [0.5, 0.6) is 0 Å². The van der Waals surface area contributed by atoms with Crippen LogP contribution >= 0.6 is 11.6 Å². The zero-order valence-corrected chi connectivity index (χ0v) is 25.9. The minimum atomic E-state index is -1.22. The Bertz CT molecular complexity index is 1530. The molecule has 0 aromatic heterocycles. The third kappa shape index (κ3) is 5.84. The Morgan fingerprint density at radius 3 is 2.16 bits per heavy atom. The monoisotopic (exact) mass is 623 g/mol. The summed E-state index contributed by atoms with van der Waals surface area (Å²) in [6, 6.07) is 17.4. The van der Waals surface area contributed by atoms with Crippen molar-refractivity contribution in [3.05, 3.63) is 94.3 Å². The minimum Gasteiger partial charge on any atom is -0.453 e. The lowest BCUT2D eigenvalue weighted by Gasteiger charge is -2.36. The van der Waals surface area contributed by atoms with E-state index in [2.05, 4.69) is 5.32 Å². The first-order valence-electron chi connectivity index (χ1n) is 14.2. The van der Waals surface area contributed by atoms with Gasteiger partial charge in [-0.15, -0.1) is 0 Å². The molecule has 3 aromatic carbocycles. The molecule has 3 aromatic rings. The molecule has 3 unspecified atom stereocenters. The van der Waals surface area contributed by atoms with Crippen LogP contribution in [-0.4, -0.2) is 72.4 Å². The van der Waals surface area contributed by atoms with Crippen molar-refractivity contribution >= 4 is 29.7 Å². The number of likely N-dealkylation sites (tertiary alicyclic amines) is 1. The first-order chi connectivity index (χ1) is 21.0. The smallest absolute Gasteiger partial charge is 0.411 e. The van der Waals surface area contributed by atoms with Crippen molar-refractivity contribution in [2.24, 2.45) is 0 Å². The quantitative estimate of drug-likeness (QED) is 0.365. The molecule has 1 fully saturated rings. The van der Waals surface area contributed by atoms with E-state index in [0.717, 1.165) is 22.3 Å². The SMILES string of the molecule is COC(=O)N(C1c2ccccc2-c2ccccc21)C1CN(C(=O)OC(C)(C)C)C(C(=O)NCc2cccc(Cl)c2F)C1OC. The van der Waals surface area contributed by atoms with Gasteiger partial charge in [0.05, 0.1) is 24.2 Å². The van der Waals surface area contributed by atoms with E-state index in [4.69, 9.17) is 25.8 Å². The van der Waals surface area contributed by atoms with Crippen LogP contribution in [0.15, 0.2) is 66.7 Å². The fraction of sp³-hybridized carbons (Fsp3) is 0.364. The number of ether oxygens (including phenoxy) is 3. The van der Waals surface area contributed by atoms with Crippen LogP contribution < -0.4 is 5.32 Å². The van der Waals surface area contributed by atoms with E-state index in [-0.39, 0.29) is 23.7 Å². The maximum atomic E-state index is 14.6. The zero-order valence-electron chi connectivity index (χ0n) is 25.2. The molecule has 0 bridgehead atoms. The van der Waals surface area contributed by atoms with Gasteiger partial charge in [-0.2, -0.15) is 0 Å². The molecule has 44 heavy (non-hydrogen) atoms. The maximum Gasteiger partial charge on any atom is 0.411 e. The number of nitrogens with zero attached hydrogens (tertiary/aromatic N) is 2. The summed E-state index contributed by atoms with van der Waals surface area (Å²) in [6.07, 6.45) is -2.40. The van der Waals surface area contributed by atoms with Crippen LogP contribution in [0.1, 0.15) is 43.5 Å². The number of hydrogen-bond acceptors (Lipinski definition) is 6. The van der Waals surface area contributed by atoms with Crippen molar-refractivity contribution in [1.82, 2.24) is 15.1 Å². The second-order valence-corrected chi connectivity index (χ2v) is 12.1. The second-order valence-electron chi connectivity index (χ2n) is 11.7. The van der Waals surface area contributed by atoms with Gasteiger partial charge in [0.1, 0.15) is 23.6 Å². The number of carbonyl (C=O) groups is 3. The lowest BCUT2D eigenvalue weighted by molar-refractivity contribution is -0.129. The zero-order chi connectivity index (χ0) is 31.8. The van der Waals surface area contributed by atoms with E-state index < -0.39 is 53.7 Å². The summed E-state index contributed by atoms with van der Waals surface area (Å²) < 4.78 is 31.5. The number of amides is 3. The Morgan fingerprint density at radius 1 is 0.977 bits per heavy atom. The van der Waals surface area contributed by atoms with E-state index in [0.29, 0.717) is 0 Å². The van der Waals surface area contributed by atoms with Crippen molar-refractivity contribution in [2.45, 2.75) is 57.1 Å². The summed E-state index contributed by atoms with van der Waals surface area (Å²) >= 11 is 5.93. The lowest BCUT2D eigenvalue weighted by atomic mass is 9.99. The highest BCUT2D eigenvalue weighted by Gasteiger charge is 2.55. The average molecular weight is 624 g/mol. The molecule has 3 amide bonds. The predicted molar refractivity (Wildman–Crippen MR) is 163 cm³/mol. The topological polar surface area (TPSA) is 97.4 Å². The maximum absolute atomic E-state index is 14.6. The summed E-state index contributed by atoms with van der Waals surface area (Å²) in [5.41, 5.74) is 3.00. The van der Waals surface area contributed by atoms with Gasteiger partial charge in [-0.05, 0) is 49.1 Å². The largest absolute Gasteiger partial charge is 0.453 e. The molecule has 1 aliphatic carbocycles. The number of fused-ring (bicyclic) bond motifs is 3. The normalized spacial score (nSPS) is 19.2. The van der Waals surface area contributed by atoms with Crippen LogP contribution in [0.25, 0.3) is 11.1 Å². The fourth-order valence-electron chi connectivity index (χ4n) is 6.08. The van der Waals surface area contributed by atoms with Gasteiger partial charge in [-0.25, -0.2) is 14.0 Å². The summed E-state index contributed by atoms with van der Waals surface area (Å²) in [6.45, 7) is 4.88. The highest BCUT2D eigenvalue weighted by Crippen LogP contribution is 2.48. The number of halogens is 2. The van der Waals surface area contributed by atoms with Crippen molar-refractivity contribution in [3.8, 4) is 11.1 Å². The van der Waals surface area contributed by atoms with Gasteiger partial charge in [0.2, 0.25) is 5.91 Å². The molecule has 1 aliphatic heterocycles. The molecule has 232 valence electrons. The molecule has 2 aliphatic rings. The van der Waals surface area contributed by atoms with Crippen LogP contribution in [0.2, 0.25) is 5.02 Å². The highest BCUT2D eigenvalue weighted by atomic mass is 35.5. The number of rotatable bonds is 6. The summed E-state index contributed by atoms with van der Waals surface area (Å²) in [5.74, 6) is -1.26. The molecule has 3 atom stereocenters. The second kappa shape index (κ2) is 12.5. The van der Waals surface area contributed by atoms with Gasteiger partial charge in [-0.3, -0.25) is 14.6 Å². The fourth-order valence-corrected chi connectivity index (χ4v) is 6.27. The third-order valence-corrected chi connectivity index (χ3v) is 8.18. The Labute approximate surface area is 260 Å². The van der Waals surface area contributed by atoms with Crippen molar-refractivity contribution in [2.75, 3.05) is 20.8 Å². The number of carbonyl (C=O) groups excluding carboxylic acids is 3. The van der Waals surface area contributed by atoms with Crippen LogP contribution in [0, 0.1) is 5.82 Å². The lowest BCUT2D eigenvalue weighted by Crippen LogP contribution is -2.53. The molecule has 5 rings (SSSR count). The number of methoxy groups -OCH3 is 2. The molecule has 1 saturated heterocycles. The summed E-state index contributed by atoms with van der Waals surface area (Å²) in [5, 5.41) is 2.65. The van der Waals surface area contributed by atoms with E-state index >= 15 is 0 Å². The molecular weight excluding hydrogens is 589 g/mol. The Hall–Kier alpha value is -4.15. The molecular formula is C33H35ClFN3O6. The van der Waals surface area contributed by atoms with Crippen molar-refractivity contribution in [3.63, 3.8) is 0 Å². The minimum absolute atomic E-state index is 0.0753. The van der Waals surface area contributed by atoms with Gasteiger partial charge in [0.15, 0.2) is 0 Å². The first kappa shape index (κ1) is 31.3. The molecule has 11 heteroatoms. The van der Waals surface area contributed by atoms with Gasteiger partial charge < -0.3 is 19.5 Å². The van der Waals surface area contributed by atoms with Crippen LogP contribution in [-0.2, 0) is 25.5 Å². The standard InChI is InChI=1S/C33H35ClFN3O6/c1-33(2,3)44-31(40)37-18-25(29(42-4)28(37)30(39)36-17-19-11-10-16-24(34)26(19)35)38(32(41)43-5)27-22-14-8-6-12-20(22)21-13-7-9-15-23(21)27/h6-16,25,27-29H,17-18H2,1-5H3,(H,36,39). The number of nitrogens with one attached hydrogen (secondary N) is 1. The van der Waals surface area contributed by atoms with Gasteiger partial charge >= 0.3 is 12.2 Å². The Balaban J connectivity index is 1.55. The highest BCUT2D eigenvalue weighted by molar-refractivity contribution is 6.30. The molecule has 0 radical (unpaired) electrons. The van der Waals surface area contributed by atoms with Crippen LogP contribution in [0.3, 0.4) is 0 Å². The van der Waals surface area contributed by atoms with Gasteiger partial charge in [0.25, 0.3) is 0 Å². The van der Waals surface area contributed by atoms with E-state index in [1.54, 1.807) is 31.7 Å². The predicted octanol–water partition coefficient (Wildman–Crippen LogP) is 5.94. The van der Waals surface area contributed by atoms with Gasteiger partial charge in [-0.1, -0.05) is 72.3 Å². The molecule has 1 heterocycles. The first-order valence-corrected chi connectivity index (χ1v) is 14.6. The van der Waals surface area contributed by atoms with E-state index in [1.165, 1.54) is 31.3 Å². The van der Waals surface area contributed by atoms with E-state index in [1.807, 2.05) is 48.5 Å². The molecule has 0 saturated carbocycles. The third-order valence-electron chi connectivity index (χ3n) is 7.89. The number of hydrogen-bond donors (Lipinski definition) is 1. The van der Waals surface area contributed by atoms with Gasteiger partial charge in [0, 0.05) is 25.8 Å². The molecule has 0 spiro atoms. The Kier molecular flexibility index (Phi) is 8.85. The Morgan fingerprint density at radius 2 is 1.59 bits per heavy atom.